The standard InChI is InChI=1S/C17H33NO2/c1-12-5-6-14(20-12)15(19)17(11-18)9-7-13(8-10-17)16(2,3)4/h12-15,19H,5-11,18H2,1-4H3. The molecule has 3 nitrogen and oxygen atoms in total. The van der Waals surface area contributed by atoms with Gasteiger partial charge in [0.2, 0.25) is 0 Å². The summed E-state index contributed by atoms with van der Waals surface area (Å²) in [5, 5.41) is 10.8. The summed E-state index contributed by atoms with van der Waals surface area (Å²) >= 11 is 0. The van der Waals surface area contributed by atoms with Crippen LogP contribution in [0.5, 0.6) is 0 Å². The van der Waals surface area contributed by atoms with Crippen molar-refractivity contribution in [1.29, 1.82) is 0 Å². The van der Waals surface area contributed by atoms with Gasteiger partial charge in [-0.3, -0.25) is 0 Å². The van der Waals surface area contributed by atoms with E-state index in [1.165, 1.54) is 12.8 Å². The number of hydrogen-bond acceptors (Lipinski definition) is 3. The van der Waals surface area contributed by atoms with Crippen LogP contribution in [0.25, 0.3) is 0 Å². The largest absolute Gasteiger partial charge is 0.390 e. The summed E-state index contributed by atoms with van der Waals surface area (Å²) in [6, 6.07) is 0. The predicted octanol–water partition coefficient (Wildman–Crippen LogP) is 3.10. The minimum atomic E-state index is -0.390. The second-order valence-electron chi connectivity index (χ2n) is 8.21. The van der Waals surface area contributed by atoms with Gasteiger partial charge in [0.15, 0.2) is 0 Å². The van der Waals surface area contributed by atoms with Gasteiger partial charge in [-0.1, -0.05) is 20.8 Å². The molecule has 3 unspecified atom stereocenters. The highest BCUT2D eigenvalue weighted by molar-refractivity contribution is 4.98. The van der Waals surface area contributed by atoms with E-state index >= 15 is 0 Å². The lowest BCUT2D eigenvalue weighted by molar-refractivity contribution is -0.106. The third kappa shape index (κ3) is 3.20. The molecule has 20 heavy (non-hydrogen) atoms. The monoisotopic (exact) mass is 283 g/mol. The van der Waals surface area contributed by atoms with Crippen LogP contribution in [-0.2, 0) is 4.74 Å². The summed E-state index contributed by atoms with van der Waals surface area (Å²) in [5.41, 5.74) is 6.33. The van der Waals surface area contributed by atoms with Crippen molar-refractivity contribution in [2.45, 2.75) is 84.5 Å². The van der Waals surface area contributed by atoms with Gasteiger partial charge in [0.1, 0.15) is 0 Å². The Kier molecular flexibility index (Phi) is 4.83. The van der Waals surface area contributed by atoms with Crippen molar-refractivity contribution in [1.82, 2.24) is 0 Å². The summed E-state index contributed by atoms with van der Waals surface area (Å²) in [5.74, 6) is 0.748. The molecule has 0 amide bonds. The van der Waals surface area contributed by atoms with Crippen molar-refractivity contribution in [3.8, 4) is 0 Å². The quantitative estimate of drug-likeness (QED) is 0.837. The molecule has 3 N–H and O–H groups in total. The molecule has 0 aromatic heterocycles. The summed E-state index contributed by atoms with van der Waals surface area (Å²) in [7, 11) is 0. The molecule has 0 aromatic rings. The van der Waals surface area contributed by atoms with E-state index in [1.54, 1.807) is 0 Å². The maximum absolute atomic E-state index is 10.8. The molecule has 3 atom stereocenters. The molecule has 1 heterocycles. The molecule has 0 bridgehead atoms. The van der Waals surface area contributed by atoms with Crippen molar-refractivity contribution >= 4 is 0 Å². The molecular weight excluding hydrogens is 250 g/mol. The summed E-state index contributed by atoms with van der Waals surface area (Å²) in [6.45, 7) is 9.65. The van der Waals surface area contributed by atoms with Crippen molar-refractivity contribution in [2.75, 3.05) is 6.54 Å². The molecule has 0 radical (unpaired) electrons. The van der Waals surface area contributed by atoms with Gasteiger partial charge in [-0.05, 0) is 56.8 Å². The SMILES string of the molecule is CC1CCC(C(O)C2(CN)CCC(C(C)(C)C)CC2)O1. The van der Waals surface area contributed by atoms with Crippen LogP contribution in [0.4, 0.5) is 0 Å². The van der Waals surface area contributed by atoms with Gasteiger partial charge in [-0.15, -0.1) is 0 Å². The zero-order chi connectivity index (χ0) is 15.0. The molecule has 2 aliphatic rings. The van der Waals surface area contributed by atoms with E-state index in [2.05, 4.69) is 27.7 Å². The van der Waals surface area contributed by atoms with Crippen LogP contribution in [0.3, 0.4) is 0 Å². The molecule has 3 heteroatoms. The minimum Gasteiger partial charge on any atom is -0.390 e. The van der Waals surface area contributed by atoms with E-state index in [4.69, 9.17) is 10.5 Å². The van der Waals surface area contributed by atoms with Crippen LogP contribution in [0.1, 0.15) is 66.2 Å². The molecular formula is C17H33NO2. The molecule has 0 aromatic carbocycles. The smallest absolute Gasteiger partial charge is 0.0870 e. The molecule has 2 rings (SSSR count). The van der Waals surface area contributed by atoms with E-state index < -0.39 is 6.10 Å². The number of ether oxygens (including phenoxy) is 1. The lowest BCUT2D eigenvalue weighted by Gasteiger charge is -2.47. The Morgan fingerprint density at radius 2 is 1.80 bits per heavy atom. The van der Waals surface area contributed by atoms with Crippen molar-refractivity contribution < 1.29 is 9.84 Å². The van der Waals surface area contributed by atoms with Crippen LogP contribution < -0.4 is 5.73 Å². The lowest BCUT2D eigenvalue weighted by Crippen LogP contribution is -2.50. The Balaban J connectivity index is 2.01. The zero-order valence-corrected chi connectivity index (χ0v) is 13.7. The predicted molar refractivity (Wildman–Crippen MR) is 82.5 cm³/mol. The van der Waals surface area contributed by atoms with Crippen LogP contribution in [0.15, 0.2) is 0 Å². The number of hydrogen-bond donors (Lipinski definition) is 2. The number of aliphatic hydroxyl groups excluding tert-OH is 1. The Hall–Kier alpha value is -0.120. The number of nitrogens with two attached hydrogens (primary N) is 1. The lowest BCUT2D eigenvalue weighted by atomic mass is 9.61. The molecule has 1 saturated heterocycles. The van der Waals surface area contributed by atoms with Crippen molar-refractivity contribution in [3.05, 3.63) is 0 Å². The minimum absolute atomic E-state index is 0.000244. The van der Waals surface area contributed by atoms with Crippen molar-refractivity contribution in [3.63, 3.8) is 0 Å². The van der Waals surface area contributed by atoms with E-state index in [-0.39, 0.29) is 17.6 Å². The fourth-order valence-corrected chi connectivity index (χ4v) is 4.14. The number of aliphatic hydroxyl groups is 1. The topological polar surface area (TPSA) is 55.5 Å². The summed E-state index contributed by atoms with van der Waals surface area (Å²) in [6.07, 6.45) is 6.38. The van der Waals surface area contributed by atoms with Gasteiger partial charge >= 0.3 is 0 Å². The summed E-state index contributed by atoms with van der Waals surface area (Å²) in [4.78, 5) is 0. The van der Waals surface area contributed by atoms with Gasteiger partial charge in [0, 0.05) is 12.0 Å². The molecule has 1 saturated carbocycles. The Bertz CT molecular complexity index is 315. The fourth-order valence-electron chi connectivity index (χ4n) is 4.14. The van der Waals surface area contributed by atoms with Gasteiger partial charge in [-0.25, -0.2) is 0 Å². The highest BCUT2D eigenvalue weighted by Crippen LogP contribution is 2.48. The molecule has 1 aliphatic carbocycles. The van der Waals surface area contributed by atoms with Gasteiger partial charge in [0.25, 0.3) is 0 Å². The molecule has 118 valence electrons. The van der Waals surface area contributed by atoms with Crippen LogP contribution in [-0.4, -0.2) is 30.0 Å². The third-order valence-corrected chi connectivity index (χ3v) is 5.86. The maximum atomic E-state index is 10.8. The van der Waals surface area contributed by atoms with Gasteiger partial charge in [-0.2, -0.15) is 0 Å². The second-order valence-corrected chi connectivity index (χ2v) is 8.21. The second kappa shape index (κ2) is 5.94. The number of rotatable bonds is 3. The highest BCUT2D eigenvalue weighted by atomic mass is 16.5. The van der Waals surface area contributed by atoms with Crippen LogP contribution in [0, 0.1) is 16.7 Å². The van der Waals surface area contributed by atoms with E-state index in [0.29, 0.717) is 12.0 Å². The fraction of sp³-hybridized carbons (Fsp3) is 1.00. The zero-order valence-electron chi connectivity index (χ0n) is 13.7. The maximum Gasteiger partial charge on any atom is 0.0870 e. The Labute approximate surface area is 124 Å². The highest BCUT2D eigenvalue weighted by Gasteiger charge is 2.46. The first kappa shape index (κ1) is 16.3. The summed E-state index contributed by atoms with van der Waals surface area (Å²) < 4.78 is 5.89. The third-order valence-electron chi connectivity index (χ3n) is 5.86. The van der Waals surface area contributed by atoms with Gasteiger partial charge in [0.05, 0.1) is 18.3 Å². The molecule has 2 fully saturated rings. The molecule has 0 spiro atoms. The van der Waals surface area contributed by atoms with E-state index in [1.807, 2.05) is 0 Å². The first-order valence-corrected chi connectivity index (χ1v) is 8.32. The van der Waals surface area contributed by atoms with E-state index in [0.717, 1.165) is 31.6 Å². The normalized spacial score (nSPS) is 40.8. The average molecular weight is 283 g/mol. The Morgan fingerprint density at radius 3 is 2.20 bits per heavy atom. The first-order chi connectivity index (χ1) is 9.28. The van der Waals surface area contributed by atoms with Gasteiger partial charge < -0.3 is 15.6 Å². The van der Waals surface area contributed by atoms with Crippen molar-refractivity contribution in [2.24, 2.45) is 22.5 Å². The molecule has 1 aliphatic heterocycles. The van der Waals surface area contributed by atoms with Crippen LogP contribution >= 0.6 is 0 Å². The average Bonchev–Trinajstić information content (AvgIpc) is 2.83. The van der Waals surface area contributed by atoms with E-state index in [9.17, 15) is 5.11 Å². The Morgan fingerprint density at radius 1 is 1.20 bits per heavy atom. The van der Waals surface area contributed by atoms with Crippen LogP contribution in [0.2, 0.25) is 0 Å². The first-order valence-electron chi connectivity index (χ1n) is 8.32.